The van der Waals surface area contributed by atoms with Crippen LogP contribution in [0, 0.1) is 5.92 Å². The van der Waals surface area contributed by atoms with Crippen LogP contribution >= 0.6 is 0 Å². The maximum absolute atomic E-state index is 13.8. The summed E-state index contributed by atoms with van der Waals surface area (Å²) >= 11 is 0. The Balaban J connectivity index is 1.84. The molecule has 0 aliphatic carbocycles. The first-order valence-corrected chi connectivity index (χ1v) is 8.57. The Kier molecular flexibility index (Phi) is 4.38. The van der Waals surface area contributed by atoms with Crippen molar-refractivity contribution in [2.75, 3.05) is 6.79 Å². The first kappa shape index (κ1) is 19.1. The molecular formula is C19H15F3N2O5. The van der Waals surface area contributed by atoms with E-state index in [-0.39, 0.29) is 23.7 Å². The molecule has 3 N–H and O–H groups in total. The van der Waals surface area contributed by atoms with Crippen molar-refractivity contribution in [1.29, 1.82) is 0 Å². The van der Waals surface area contributed by atoms with E-state index in [2.05, 4.69) is 5.32 Å². The maximum atomic E-state index is 13.8. The number of amides is 2. The number of carbonyl (C=O) groups is 2. The topological polar surface area (TPSA) is 96.9 Å². The van der Waals surface area contributed by atoms with Gasteiger partial charge in [0.15, 0.2) is 17.3 Å². The molecule has 0 radical (unpaired) electrons. The fraction of sp³-hybridized carbons (Fsp3) is 0.263. The quantitative estimate of drug-likeness (QED) is 0.679. The van der Waals surface area contributed by atoms with Gasteiger partial charge in [0.2, 0.25) is 12.5 Å². The number of Topliss-reactive ketones (excluding diaryl/α,β-unsaturated/α-hetero) is 1. The number of urea groups is 1. The van der Waals surface area contributed by atoms with Crippen molar-refractivity contribution >= 4 is 11.8 Å². The standard InChI is InChI=1S/C19H15F3N2O5/c20-19(21,22)18(27)14(16(25)10-4-2-1-3-5-10)15(23-17(26)24-18)11-6-7-12-13(8-11)29-9-28-12/h1-8,14-15,27H,9H2,(H2,23,24,26)/t14-,15+,18+/m0/s1. The summed E-state index contributed by atoms with van der Waals surface area (Å²) in [5, 5.41) is 14.3. The summed E-state index contributed by atoms with van der Waals surface area (Å²) in [6.07, 6.45) is -5.31. The number of ketones is 1. The zero-order chi connectivity index (χ0) is 20.8. The molecule has 2 heterocycles. The number of hydrogen-bond donors (Lipinski definition) is 3. The molecule has 0 aromatic heterocycles. The highest BCUT2D eigenvalue weighted by molar-refractivity contribution is 6.00. The molecule has 29 heavy (non-hydrogen) atoms. The highest BCUT2D eigenvalue weighted by atomic mass is 19.4. The number of rotatable bonds is 3. The molecule has 2 amide bonds. The molecule has 4 rings (SSSR count). The van der Waals surface area contributed by atoms with E-state index in [4.69, 9.17) is 9.47 Å². The number of halogens is 3. The zero-order valence-electron chi connectivity index (χ0n) is 14.7. The number of nitrogens with one attached hydrogen (secondary N) is 2. The van der Waals surface area contributed by atoms with Gasteiger partial charge < -0.3 is 25.2 Å². The summed E-state index contributed by atoms with van der Waals surface area (Å²) in [7, 11) is 0. The number of fused-ring (bicyclic) bond motifs is 1. The van der Waals surface area contributed by atoms with Crippen molar-refractivity contribution in [3.8, 4) is 11.5 Å². The van der Waals surface area contributed by atoms with Gasteiger partial charge in [-0.25, -0.2) is 4.79 Å². The van der Waals surface area contributed by atoms with Gasteiger partial charge in [-0.15, -0.1) is 0 Å². The number of ether oxygens (including phenoxy) is 2. The number of aliphatic hydroxyl groups is 1. The van der Waals surface area contributed by atoms with Crippen LogP contribution in [0.15, 0.2) is 48.5 Å². The second-order valence-electron chi connectivity index (χ2n) is 6.66. The van der Waals surface area contributed by atoms with Crippen LogP contribution in [0.2, 0.25) is 0 Å². The predicted octanol–water partition coefficient (Wildman–Crippen LogP) is 2.52. The molecular weight excluding hydrogens is 393 g/mol. The lowest BCUT2D eigenvalue weighted by Crippen LogP contribution is -2.72. The lowest BCUT2D eigenvalue weighted by Gasteiger charge is -2.45. The fourth-order valence-electron chi connectivity index (χ4n) is 3.51. The number of alkyl halides is 3. The van der Waals surface area contributed by atoms with Crippen LogP contribution in [-0.4, -0.2) is 35.6 Å². The summed E-state index contributed by atoms with van der Waals surface area (Å²) in [4.78, 5) is 25.1. The van der Waals surface area contributed by atoms with Gasteiger partial charge >= 0.3 is 12.2 Å². The van der Waals surface area contributed by atoms with Gasteiger partial charge in [0.25, 0.3) is 0 Å². The average molecular weight is 408 g/mol. The predicted molar refractivity (Wildman–Crippen MR) is 92.2 cm³/mol. The van der Waals surface area contributed by atoms with Crippen LogP contribution in [-0.2, 0) is 0 Å². The van der Waals surface area contributed by atoms with E-state index in [1.54, 1.807) is 6.07 Å². The van der Waals surface area contributed by atoms with Crippen LogP contribution < -0.4 is 20.1 Å². The van der Waals surface area contributed by atoms with Crippen molar-refractivity contribution in [3.05, 3.63) is 59.7 Å². The molecule has 0 bridgehead atoms. The number of hydrogen-bond acceptors (Lipinski definition) is 5. The number of carbonyl (C=O) groups excluding carboxylic acids is 2. The molecule has 0 saturated carbocycles. The summed E-state index contributed by atoms with van der Waals surface area (Å²) in [6.45, 7) is -0.0593. The summed E-state index contributed by atoms with van der Waals surface area (Å²) in [5.74, 6) is -2.44. The molecule has 0 unspecified atom stereocenters. The Bertz CT molecular complexity index is 966. The van der Waals surface area contributed by atoms with Crippen LogP contribution in [0.4, 0.5) is 18.0 Å². The second kappa shape index (κ2) is 6.66. The van der Waals surface area contributed by atoms with Gasteiger partial charge in [-0.3, -0.25) is 4.79 Å². The minimum atomic E-state index is -5.31. The van der Waals surface area contributed by atoms with E-state index in [1.807, 2.05) is 0 Å². The minimum Gasteiger partial charge on any atom is -0.454 e. The third kappa shape index (κ3) is 3.15. The van der Waals surface area contributed by atoms with E-state index in [0.717, 1.165) is 0 Å². The van der Waals surface area contributed by atoms with Crippen molar-refractivity contribution in [2.24, 2.45) is 5.92 Å². The van der Waals surface area contributed by atoms with Crippen LogP contribution in [0.3, 0.4) is 0 Å². The Morgan fingerprint density at radius 3 is 2.48 bits per heavy atom. The van der Waals surface area contributed by atoms with Crippen molar-refractivity contribution in [1.82, 2.24) is 10.6 Å². The molecule has 2 aliphatic rings. The SMILES string of the molecule is O=C1N[C@H](c2ccc3c(c2)OCO3)[C@@H](C(=O)c2ccccc2)[C@@](O)(C(F)(F)F)N1. The largest absolute Gasteiger partial charge is 0.454 e. The van der Waals surface area contributed by atoms with Crippen molar-refractivity contribution in [2.45, 2.75) is 17.9 Å². The smallest absolute Gasteiger partial charge is 0.437 e. The Morgan fingerprint density at radius 2 is 1.79 bits per heavy atom. The lowest BCUT2D eigenvalue weighted by molar-refractivity contribution is -0.287. The highest BCUT2D eigenvalue weighted by Gasteiger charge is 2.66. The minimum absolute atomic E-state index is 0.0381. The van der Waals surface area contributed by atoms with Crippen molar-refractivity contribution < 1.29 is 37.3 Å². The molecule has 3 atom stereocenters. The van der Waals surface area contributed by atoms with Gasteiger partial charge in [0.05, 0.1) is 6.04 Å². The molecule has 0 spiro atoms. The lowest BCUT2D eigenvalue weighted by atomic mass is 9.77. The summed E-state index contributed by atoms with van der Waals surface area (Å²) in [5.41, 5.74) is -3.66. The molecule has 2 aliphatic heterocycles. The molecule has 152 valence electrons. The average Bonchev–Trinajstić information content (AvgIpc) is 3.14. The van der Waals surface area contributed by atoms with E-state index >= 15 is 0 Å². The second-order valence-corrected chi connectivity index (χ2v) is 6.66. The molecule has 2 aromatic carbocycles. The monoisotopic (exact) mass is 408 g/mol. The Labute approximate surface area is 162 Å². The molecule has 10 heteroatoms. The van der Waals surface area contributed by atoms with Gasteiger partial charge in [0, 0.05) is 5.56 Å². The molecule has 2 aromatic rings. The van der Waals surface area contributed by atoms with Gasteiger partial charge in [-0.1, -0.05) is 36.4 Å². The molecule has 1 fully saturated rings. The summed E-state index contributed by atoms with van der Waals surface area (Å²) < 4.78 is 52.0. The molecule has 1 saturated heterocycles. The van der Waals surface area contributed by atoms with Gasteiger partial charge in [-0.2, -0.15) is 13.2 Å². The first-order chi connectivity index (χ1) is 13.7. The van der Waals surface area contributed by atoms with Crippen LogP contribution in [0.5, 0.6) is 11.5 Å². The third-order valence-corrected chi connectivity index (χ3v) is 4.90. The highest BCUT2D eigenvalue weighted by Crippen LogP contribution is 2.45. The van der Waals surface area contributed by atoms with Crippen LogP contribution in [0.1, 0.15) is 22.0 Å². The van der Waals surface area contributed by atoms with Gasteiger partial charge in [0.1, 0.15) is 5.92 Å². The maximum Gasteiger partial charge on any atom is 0.437 e. The zero-order valence-corrected chi connectivity index (χ0v) is 14.7. The van der Waals surface area contributed by atoms with E-state index in [9.17, 15) is 27.9 Å². The normalized spacial score (nSPS) is 25.9. The fourth-order valence-corrected chi connectivity index (χ4v) is 3.51. The van der Waals surface area contributed by atoms with Crippen molar-refractivity contribution in [3.63, 3.8) is 0 Å². The first-order valence-electron chi connectivity index (χ1n) is 8.57. The molecule has 7 nitrogen and oxygen atoms in total. The summed E-state index contributed by atoms with van der Waals surface area (Å²) in [6, 6.07) is 8.77. The van der Waals surface area contributed by atoms with Crippen LogP contribution in [0.25, 0.3) is 0 Å². The van der Waals surface area contributed by atoms with E-state index in [0.29, 0.717) is 5.75 Å². The Hall–Kier alpha value is -3.27. The van der Waals surface area contributed by atoms with Gasteiger partial charge in [-0.05, 0) is 17.7 Å². The third-order valence-electron chi connectivity index (χ3n) is 4.90. The Morgan fingerprint density at radius 1 is 1.10 bits per heavy atom. The number of benzene rings is 2. The van der Waals surface area contributed by atoms with E-state index in [1.165, 1.54) is 47.8 Å². The van der Waals surface area contributed by atoms with E-state index < -0.39 is 35.7 Å².